The van der Waals surface area contributed by atoms with Crippen molar-refractivity contribution in [3.63, 3.8) is 0 Å². The lowest BCUT2D eigenvalue weighted by atomic mass is 10.2. The van der Waals surface area contributed by atoms with Crippen LogP contribution in [0.15, 0.2) is 70.6 Å². The Labute approximate surface area is 152 Å². The standard InChI is InChI=1S/C20H21N3OS/c1-3-18-15(14-23(2)22-18)13-21-20(24)17-11-7-8-12-19(17)25-16-9-5-4-6-10-16/h4-12,14H,3,13H2,1-2H3,(H,21,24). The van der Waals surface area contributed by atoms with Crippen LogP contribution in [0.1, 0.15) is 28.5 Å². The van der Waals surface area contributed by atoms with E-state index in [2.05, 4.69) is 17.3 Å². The number of hydrogen-bond donors (Lipinski definition) is 1. The van der Waals surface area contributed by atoms with Crippen molar-refractivity contribution in [3.05, 3.63) is 77.6 Å². The van der Waals surface area contributed by atoms with Crippen molar-refractivity contribution < 1.29 is 4.79 Å². The molecule has 0 aliphatic carbocycles. The molecule has 0 saturated carbocycles. The van der Waals surface area contributed by atoms with Gasteiger partial charge >= 0.3 is 0 Å². The Morgan fingerprint density at radius 1 is 1.12 bits per heavy atom. The van der Waals surface area contributed by atoms with E-state index in [9.17, 15) is 4.79 Å². The predicted octanol–water partition coefficient (Wildman–Crippen LogP) is 4.06. The normalized spacial score (nSPS) is 10.6. The number of amides is 1. The van der Waals surface area contributed by atoms with Gasteiger partial charge in [0.05, 0.1) is 11.3 Å². The number of aryl methyl sites for hydroxylation is 2. The molecule has 3 rings (SSSR count). The first kappa shape index (κ1) is 17.3. The fraction of sp³-hybridized carbons (Fsp3) is 0.200. The number of nitrogens with one attached hydrogen (secondary N) is 1. The van der Waals surface area contributed by atoms with E-state index in [1.807, 2.05) is 67.8 Å². The molecule has 0 spiro atoms. The minimum Gasteiger partial charge on any atom is -0.348 e. The average Bonchev–Trinajstić information content (AvgIpc) is 3.01. The Morgan fingerprint density at radius 2 is 1.84 bits per heavy atom. The highest BCUT2D eigenvalue weighted by atomic mass is 32.2. The van der Waals surface area contributed by atoms with Gasteiger partial charge in [0, 0.05) is 35.1 Å². The highest BCUT2D eigenvalue weighted by Gasteiger charge is 2.13. The zero-order valence-electron chi connectivity index (χ0n) is 14.4. The van der Waals surface area contributed by atoms with Crippen molar-refractivity contribution in [2.24, 2.45) is 7.05 Å². The third-order valence-electron chi connectivity index (χ3n) is 3.87. The molecule has 0 aliphatic heterocycles. The van der Waals surface area contributed by atoms with Crippen LogP contribution in [-0.4, -0.2) is 15.7 Å². The summed E-state index contributed by atoms with van der Waals surface area (Å²) in [5, 5.41) is 7.44. The highest BCUT2D eigenvalue weighted by Crippen LogP contribution is 2.30. The van der Waals surface area contributed by atoms with Crippen LogP contribution in [-0.2, 0) is 20.0 Å². The Hall–Kier alpha value is -2.53. The van der Waals surface area contributed by atoms with Gasteiger partial charge in [-0.25, -0.2) is 0 Å². The second kappa shape index (κ2) is 8.03. The van der Waals surface area contributed by atoms with Crippen LogP contribution in [0.4, 0.5) is 0 Å². The molecule has 1 amide bonds. The first-order chi connectivity index (χ1) is 12.2. The second-order valence-corrected chi connectivity index (χ2v) is 6.84. The molecule has 3 aromatic rings. The fourth-order valence-electron chi connectivity index (χ4n) is 2.66. The third-order valence-corrected chi connectivity index (χ3v) is 4.95. The van der Waals surface area contributed by atoms with E-state index < -0.39 is 0 Å². The molecule has 1 aromatic heterocycles. The van der Waals surface area contributed by atoms with Crippen LogP contribution in [0, 0.1) is 0 Å². The Bertz CT molecular complexity index is 858. The smallest absolute Gasteiger partial charge is 0.252 e. The van der Waals surface area contributed by atoms with E-state index >= 15 is 0 Å². The minimum atomic E-state index is -0.0649. The number of nitrogens with zero attached hydrogens (tertiary/aromatic N) is 2. The van der Waals surface area contributed by atoms with Crippen LogP contribution in [0.2, 0.25) is 0 Å². The van der Waals surface area contributed by atoms with Crippen molar-refractivity contribution in [2.45, 2.75) is 29.7 Å². The molecular weight excluding hydrogens is 330 g/mol. The fourth-order valence-corrected chi connectivity index (χ4v) is 3.62. The average molecular weight is 351 g/mol. The first-order valence-electron chi connectivity index (χ1n) is 8.29. The zero-order chi connectivity index (χ0) is 17.6. The molecule has 1 heterocycles. The number of carbonyl (C=O) groups is 1. The quantitative estimate of drug-likeness (QED) is 0.728. The Kier molecular flexibility index (Phi) is 5.56. The monoisotopic (exact) mass is 351 g/mol. The van der Waals surface area contributed by atoms with Crippen molar-refractivity contribution in [3.8, 4) is 0 Å². The molecular formula is C20H21N3OS. The van der Waals surface area contributed by atoms with E-state index in [0.717, 1.165) is 27.5 Å². The van der Waals surface area contributed by atoms with Crippen LogP contribution in [0.3, 0.4) is 0 Å². The van der Waals surface area contributed by atoms with E-state index in [1.165, 1.54) is 0 Å². The summed E-state index contributed by atoms with van der Waals surface area (Å²) in [5.74, 6) is -0.0649. The van der Waals surface area contributed by atoms with Crippen molar-refractivity contribution in [1.29, 1.82) is 0 Å². The Morgan fingerprint density at radius 3 is 2.60 bits per heavy atom. The lowest BCUT2D eigenvalue weighted by molar-refractivity contribution is 0.0948. The highest BCUT2D eigenvalue weighted by molar-refractivity contribution is 7.99. The van der Waals surface area contributed by atoms with Crippen molar-refractivity contribution in [2.75, 3.05) is 0 Å². The molecule has 0 unspecified atom stereocenters. The van der Waals surface area contributed by atoms with Gasteiger partial charge in [-0.2, -0.15) is 5.10 Å². The number of hydrogen-bond acceptors (Lipinski definition) is 3. The van der Waals surface area contributed by atoms with Crippen LogP contribution < -0.4 is 5.32 Å². The molecule has 0 aliphatic rings. The molecule has 0 bridgehead atoms. The maximum atomic E-state index is 12.7. The molecule has 2 aromatic carbocycles. The number of rotatable bonds is 6. The topological polar surface area (TPSA) is 46.9 Å². The molecule has 0 fully saturated rings. The third kappa shape index (κ3) is 4.31. The lowest BCUT2D eigenvalue weighted by Gasteiger charge is -2.10. The van der Waals surface area contributed by atoms with Gasteiger partial charge in [0.25, 0.3) is 5.91 Å². The molecule has 4 nitrogen and oxygen atoms in total. The molecule has 1 N–H and O–H groups in total. The summed E-state index contributed by atoms with van der Waals surface area (Å²) >= 11 is 1.60. The summed E-state index contributed by atoms with van der Waals surface area (Å²) in [6.45, 7) is 2.56. The van der Waals surface area contributed by atoms with E-state index in [0.29, 0.717) is 12.1 Å². The van der Waals surface area contributed by atoms with Crippen molar-refractivity contribution >= 4 is 17.7 Å². The van der Waals surface area contributed by atoms with Gasteiger partial charge in [0.1, 0.15) is 0 Å². The van der Waals surface area contributed by atoms with Crippen molar-refractivity contribution in [1.82, 2.24) is 15.1 Å². The summed E-state index contributed by atoms with van der Waals surface area (Å²) in [6, 6.07) is 17.8. The Balaban J connectivity index is 1.74. The summed E-state index contributed by atoms with van der Waals surface area (Å²) in [7, 11) is 1.90. The van der Waals surface area contributed by atoms with Gasteiger partial charge in [-0.1, -0.05) is 49.0 Å². The molecule has 0 atom stereocenters. The lowest BCUT2D eigenvalue weighted by Crippen LogP contribution is -2.23. The first-order valence-corrected chi connectivity index (χ1v) is 9.10. The molecule has 25 heavy (non-hydrogen) atoms. The number of aromatic nitrogens is 2. The number of benzene rings is 2. The van der Waals surface area contributed by atoms with Gasteiger partial charge in [-0.15, -0.1) is 0 Å². The zero-order valence-corrected chi connectivity index (χ0v) is 15.2. The summed E-state index contributed by atoms with van der Waals surface area (Å²) in [5.41, 5.74) is 2.78. The van der Waals surface area contributed by atoms with Gasteiger partial charge < -0.3 is 5.32 Å². The molecule has 128 valence electrons. The summed E-state index contributed by atoms with van der Waals surface area (Å²) in [6.07, 6.45) is 2.82. The van der Waals surface area contributed by atoms with Crippen LogP contribution in [0.25, 0.3) is 0 Å². The van der Waals surface area contributed by atoms with Gasteiger partial charge in [0.2, 0.25) is 0 Å². The predicted molar refractivity (Wildman–Crippen MR) is 101 cm³/mol. The maximum Gasteiger partial charge on any atom is 0.252 e. The van der Waals surface area contributed by atoms with Gasteiger partial charge in [-0.05, 0) is 30.7 Å². The van der Waals surface area contributed by atoms with Gasteiger partial charge in [0.15, 0.2) is 0 Å². The van der Waals surface area contributed by atoms with E-state index in [-0.39, 0.29) is 5.91 Å². The van der Waals surface area contributed by atoms with Crippen LogP contribution in [0.5, 0.6) is 0 Å². The van der Waals surface area contributed by atoms with E-state index in [4.69, 9.17) is 0 Å². The molecule has 0 saturated heterocycles. The van der Waals surface area contributed by atoms with Crippen LogP contribution >= 0.6 is 11.8 Å². The second-order valence-electron chi connectivity index (χ2n) is 5.72. The SMILES string of the molecule is CCc1nn(C)cc1CNC(=O)c1ccccc1Sc1ccccc1. The maximum absolute atomic E-state index is 12.7. The summed E-state index contributed by atoms with van der Waals surface area (Å²) in [4.78, 5) is 14.7. The number of carbonyl (C=O) groups excluding carboxylic acids is 1. The van der Waals surface area contributed by atoms with E-state index in [1.54, 1.807) is 16.4 Å². The molecule has 5 heteroatoms. The molecule has 0 radical (unpaired) electrons. The summed E-state index contributed by atoms with van der Waals surface area (Å²) < 4.78 is 1.79. The largest absolute Gasteiger partial charge is 0.348 e. The van der Waals surface area contributed by atoms with Gasteiger partial charge in [-0.3, -0.25) is 9.48 Å². The minimum absolute atomic E-state index is 0.0649.